The lowest BCUT2D eigenvalue weighted by atomic mass is 10.0. The summed E-state index contributed by atoms with van der Waals surface area (Å²) in [7, 11) is 0. The van der Waals surface area contributed by atoms with Gasteiger partial charge in [-0.15, -0.1) is 0 Å². The number of aryl methyl sites for hydroxylation is 2. The Balaban J connectivity index is 1.14. The minimum absolute atomic E-state index is 0.107. The fourth-order valence-electron chi connectivity index (χ4n) is 5.02. The van der Waals surface area contributed by atoms with Gasteiger partial charge in [-0.1, -0.05) is 18.2 Å². The van der Waals surface area contributed by atoms with Gasteiger partial charge in [0.15, 0.2) is 0 Å². The number of piperidine rings is 1. The number of hydrogen-bond acceptors (Lipinski definition) is 7. The third-order valence-corrected chi connectivity index (χ3v) is 6.86. The first-order valence-electron chi connectivity index (χ1n) is 12.3. The number of pyridine rings is 1. The summed E-state index contributed by atoms with van der Waals surface area (Å²) in [6.45, 7) is 2.20. The zero-order chi connectivity index (χ0) is 24.4. The predicted octanol–water partition coefficient (Wildman–Crippen LogP) is 1.95. The maximum Gasteiger partial charge on any atom is 0.262 e. The molecule has 1 saturated heterocycles. The number of nitrogens with zero attached hydrogens (tertiary/aromatic N) is 2. The van der Waals surface area contributed by atoms with Crippen LogP contribution in [0.1, 0.15) is 69.6 Å². The van der Waals surface area contributed by atoms with Crippen LogP contribution in [0.15, 0.2) is 30.3 Å². The van der Waals surface area contributed by atoms with Crippen LogP contribution < -0.4 is 16.0 Å². The van der Waals surface area contributed by atoms with Crippen LogP contribution in [0.5, 0.6) is 0 Å². The van der Waals surface area contributed by atoms with Gasteiger partial charge in [-0.25, -0.2) is 4.98 Å². The normalized spacial score (nSPS) is 19.3. The fourth-order valence-corrected chi connectivity index (χ4v) is 5.02. The molecule has 9 nitrogen and oxygen atoms in total. The zero-order valence-electron chi connectivity index (χ0n) is 19.6. The molecule has 182 valence electrons. The van der Waals surface area contributed by atoms with Gasteiger partial charge >= 0.3 is 0 Å². The van der Waals surface area contributed by atoms with Crippen molar-refractivity contribution in [3.05, 3.63) is 58.3 Å². The van der Waals surface area contributed by atoms with Crippen LogP contribution in [0.25, 0.3) is 0 Å². The van der Waals surface area contributed by atoms with Crippen LogP contribution in [-0.2, 0) is 29.0 Å². The highest BCUT2D eigenvalue weighted by molar-refractivity contribution is 6.24. The highest BCUT2D eigenvalue weighted by Gasteiger charge is 2.45. The summed E-state index contributed by atoms with van der Waals surface area (Å²) in [5.41, 5.74) is 3.78. The summed E-state index contributed by atoms with van der Waals surface area (Å²) >= 11 is 0. The SMILES string of the molecule is O=C1CCC(N2C(=O)c3cccc(CNCCCCc4ccc5c(n4)NCCC5)c3C2=O)C(=O)N1. The van der Waals surface area contributed by atoms with E-state index in [9.17, 15) is 19.2 Å². The van der Waals surface area contributed by atoms with Crippen molar-refractivity contribution in [1.29, 1.82) is 0 Å². The number of imide groups is 2. The summed E-state index contributed by atoms with van der Waals surface area (Å²) in [6.07, 6.45) is 5.35. The van der Waals surface area contributed by atoms with Crippen molar-refractivity contribution >= 4 is 29.4 Å². The van der Waals surface area contributed by atoms with Crippen LogP contribution in [0.2, 0.25) is 0 Å². The molecule has 35 heavy (non-hydrogen) atoms. The van der Waals surface area contributed by atoms with Crippen LogP contribution in [-0.4, -0.2) is 52.6 Å². The molecule has 0 aliphatic carbocycles. The Morgan fingerprint density at radius 2 is 1.91 bits per heavy atom. The van der Waals surface area contributed by atoms with E-state index in [1.165, 1.54) is 5.56 Å². The van der Waals surface area contributed by atoms with Gasteiger partial charge in [0.1, 0.15) is 11.9 Å². The second-order valence-corrected chi connectivity index (χ2v) is 9.26. The second kappa shape index (κ2) is 9.95. The van der Waals surface area contributed by atoms with Crippen molar-refractivity contribution in [2.45, 2.75) is 57.5 Å². The number of amides is 4. The highest BCUT2D eigenvalue weighted by atomic mass is 16.2. The Kier molecular flexibility index (Phi) is 6.59. The Hall–Kier alpha value is -3.59. The number of fused-ring (bicyclic) bond motifs is 2. The zero-order valence-corrected chi connectivity index (χ0v) is 19.6. The average molecular weight is 476 g/mol. The molecule has 1 aromatic heterocycles. The van der Waals surface area contributed by atoms with E-state index in [2.05, 4.69) is 28.1 Å². The minimum Gasteiger partial charge on any atom is -0.370 e. The maximum atomic E-state index is 13.1. The molecular weight excluding hydrogens is 446 g/mol. The first-order valence-corrected chi connectivity index (χ1v) is 12.3. The van der Waals surface area contributed by atoms with Gasteiger partial charge in [-0.05, 0) is 68.3 Å². The van der Waals surface area contributed by atoms with Crippen molar-refractivity contribution < 1.29 is 19.2 Å². The molecule has 0 saturated carbocycles. The number of unbranched alkanes of at least 4 members (excludes halogenated alkanes) is 1. The topological polar surface area (TPSA) is 120 Å². The van der Waals surface area contributed by atoms with E-state index in [0.717, 1.165) is 67.2 Å². The molecule has 0 radical (unpaired) electrons. The van der Waals surface area contributed by atoms with E-state index in [1.54, 1.807) is 12.1 Å². The highest BCUT2D eigenvalue weighted by Crippen LogP contribution is 2.30. The van der Waals surface area contributed by atoms with Gasteiger partial charge in [-0.3, -0.25) is 29.4 Å². The maximum absolute atomic E-state index is 13.1. The number of benzene rings is 1. The number of carbonyl (C=O) groups excluding carboxylic acids is 4. The van der Waals surface area contributed by atoms with Crippen molar-refractivity contribution in [3.8, 4) is 0 Å². The monoisotopic (exact) mass is 475 g/mol. The fraction of sp³-hybridized carbons (Fsp3) is 0.423. The molecule has 5 rings (SSSR count). The molecule has 1 atom stereocenters. The van der Waals surface area contributed by atoms with Gasteiger partial charge in [-0.2, -0.15) is 0 Å². The molecule has 0 spiro atoms. The van der Waals surface area contributed by atoms with Crippen molar-refractivity contribution in [1.82, 2.24) is 20.5 Å². The molecule has 1 unspecified atom stereocenters. The molecular formula is C26H29N5O4. The van der Waals surface area contributed by atoms with Crippen LogP contribution in [0.3, 0.4) is 0 Å². The van der Waals surface area contributed by atoms with Crippen molar-refractivity contribution in [2.75, 3.05) is 18.4 Å². The lowest BCUT2D eigenvalue weighted by Gasteiger charge is -2.27. The summed E-state index contributed by atoms with van der Waals surface area (Å²) in [5, 5.41) is 8.97. The molecule has 3 aliphatic rings. The van der Waals surface area contributed by atoms with Gasteiger partial charge in [0.25, 0.3) is 11.8 Å². The van der Waals surface area contributed by atoms with E-state index >= 15 is 0 Å². The first kappa shape index (κ1) is 23.2. The summed E-state index contributed by atoms with van der Waals surface area (Å²) in [4.78, 5) is 55.6. The van der Waals surface area contributed by atoms with Crippen LogP contribution in [0, 0.1) is 0 Å². The lowest BCUT2D eigenvalue weighted by Crippen LogP contribution is -2.54. The van der Waals surface area contributed by atoms with E-state index in [0.29, 0.717) is 17.7 Å². The molecule has 1 fully saturated rings. The van der Waals surface area contributed by atoms with E-state index < -0.39 is 23.8 Å². The Morgan fingerprint density at radius 1 is 1.03 bits per heavy atom. The predicted molar refractivity (Wildman–Crippen MR) is 129 cm³/mol. The number of nitrogens with one attached hydrogen (secondary N) is 3. The summed E-state index contributed by atoms with van der Waals surface area (Å²) in [5.74, 6) is -0.904. The number of carbonyl (C=O) groups is 4. The number of hydrogen-bond donors (Lipinski definition) is 3. The molecule has 4 amide bonds. The second-order valence-electron chi connectivity index (χ2n) is 9.26. The lowest BCUT2D eigenvalue weighted by molar-refractivity contribution is -0.136. The average Bonchev–Trinajstić information content (AvgIpc) is 3.12. The van der Waals surface area contributed by atoms with Crippen molar-refractivity contribution in [2.24, 2.45) is 0 Å². The number of anilines is 1. The van der Waals surface area contributed by atoms with Crippen LogP contribution >= 0.6 is 0 Å². The van der Waals surface area contributed by atoms with Gasteiger partial charge in [0, 0.05) is 25.2 Å². The Labute approximate surface area is 203 Å². The largest absolute Gasteiger partial charge is 0.370 e. The molecule has 0 bridgehead atoms. The van der Waals surface area contributed by atoms with E-state index in [4.69, 9.17) is 4.98 Å². The van der Waals surface area contributed by atoms with E-state index in [-0.39, 0.29) is 18.7 Å². The Bertz CT molecular complexity index is 1190. The molecule has 4 heterocycles. The molecule has 3 aliphatic heterocycles. The molecule has 2 aromatic rings. The van der Waals surface area contributed by atoms with E-state index in [1.807, 2.05) is 6.07 Å². The Morgan fingerprint density at radius 3 is 2.77 bits per heavy atom. The van der Waals surface area contributed by atoms with Gasteiger partial charge in [0.2, 0.25) is 11.8 Å². The molecule has 3 N–H and O–H groups in total. The van der Waals surface area contributed by atoms with Gasteiger partial charge < -0.3 is 10.6 Å². The van der Waals surface area contributed by atoms with Crippen molar-refractivity contribution in [3.63, 3.8) is 0 Å². The number of aromatic nitrogens is 1. The third-order valence-electron chi connectivity index (χ3n) is 6.86. The summed E-state index contributed by atoms with van der Waals surface area (Å²) < 4.78 is 0. The third kappa shape index (κ3) is 4.68. The first-order chi connectivity index (χ1) is 17.0. The number of rotatable bonds is 8. The van der Waals surface area contributed by atoms with Gasteiger partial charge in [0.05, 0.1) is 11.1 Å². The molecule has 9 heteroatoms. The smallest absolute Gasteiger partial charge is 0.262 e. The molecule has 1 aromatic carbocycles. The van der Waals surface area contributed by atoms with Crippen LogP contribution in [0.4, 0.5) is 5.82 Å². The quantitative estimate of drug-likeness (QED) is 0.394. The summed E-state index contributed by atoms with van der Waals surface area (Å²) in [6, 6.07) is 8.54. The standard InChI is InChI=1S/C26H29N5O4/c32-21-12-11-20(24(33)30-21)31-25(34)19-8-3-5-17(22(19)26(31)35)15-27-13-2-1-7-18-10-9-16-6-4-14-28-23(16)29-18/h3,5,8-10,20,27H,1-2,4,6-7,11-15H2,(H,28,29)(H,30,32,33). The minimum atomic E-state index is -0.951.